The smallest absolute Gasteiger partial charge is 0.147 e. The Hall–Kier alpha value is -0.940. The molecule has 2 aliphatic rings. The van der Waals surface area contributed by atoms with E-state index in [9.17, 15) is 0 Å². The van der Waals surface area contributed by atoms with Crippen LogP contribution in [0.15, 0.2) is 6.33 Å². The zero-order valence-corrected chi connectivity index (χ0v) is 11.0. The second-order valence-electron chi connectivity index (χ2n) is 5.63. The van der Waals surface area contributed by atoms with E-state index in [-0.39, 0.29) is 0 Å². The van der Waals surface area contributed by atoms with Gasteiger partial charge >= 0.3 is 0 Å². The van der Waals surface area contributed by atoms with Crippen molar-refractivity contribution in [3.05, 3.63) is 12.2 Å². The summed E-state index contributed by atoms with van der Waals surface area (Å²) >= 11 is 0. The number of nitrogens with two attached hydrogens (primary N) is 1. The van der Waals surface area contributed by atoms with E-state index in [1.807, 2.05) is 6.33 Å². The van der Waals surface area contributed by atoms with Gasteiger partial charge in [0.05, 0.1) is 6.54 Å². The summed E-state index contributed by atoms with van der Waals surface area (Å²) < 4.78 is 2.16. The van der Waals surface area contributed by atoms with Crippen LogP contribution in [0.5, 0.6) is 0 Å². The molecule has 18 heavy (non-hydrogen) atoms. The van der Waals surface area contributed by atoms with Gasteiger partial charge in [-0.2, -0.15) is 0 Å². The van der Waals surface area contributed by atoms with E-state index in [1.54, 1.807) is 0 Å². The topological polar surface area (TPSA) is 60.0 Å². The van der Waals surface area contributed by atoms with Crippen molar-refractivity contribution in [2.24, 2.45) is 5.73 Å². The van der Waals surface area contributed by atoms with E-state index in [2.05, 4.69) is 19.7 Å². The van der Waals surface area contributed by atoms with Gasteiger partial charge in [-0.05, 0) is 12.8 Å². The fourth-order valence-corrected chi connectivity index (χ4v) is 3.31. The van der Waals surface area contributed by atoms with Gasteiger partial charge in [-0.15, -0.1) is 10.2 Å². The fourth-order valence-electron chi connectivity index (χ4n) is 3.31. The molecule has 1 aromatic rings. The Bertz CT molecular complexity index is 388. The van der Waals surface area contributed by atoms with E-state index in [0.29, 0.717) is 12.1 Å². The van der Waals surface area contributed by atoms with Crippen LogP contribution in [0, 0.1) is 0 Å². The van der Waals surface area contributed by atoms with Gasteiger partial charge in [-0.1, -0.05) is 25.7 Å². The van der Waals surface area contributed by atoms with Gasteiger partial charge in [0.1, 0.15) is 12.2 Å². The van der Waals surface area contributed by atoms with Crippen LogP contribution < -0.4 is 5.73 Å². The maximum absolute atomic E-state index is 6.39. The SMILES string of the molecule is NC1CCCCCCC1N1CCn2cnnc2C1. The zero-order chi connectivity index (χ0) is 12.4. The Kier molecular flexibility index (Phi) is 3.61. The van der Waals surface area contributed by atoms with Crippen LogP contribution in [0.1, 0.15) is 44.3 Å². The van der Waals surface area contributed by atoms with Crippen LogP contribution in [0.25, 0.3) is 0 Å². The monoisotopic (exact) mass is 249 g/mol. The molecule has 1 fully saturated rings. The molecule has 2 N–H and O–H groups in total. The maximum atomic E-state index is 6.39. The van der Waals surface area contributed by atoms with Gasteiger partial charge in [0.25, 0.3) is 0 Å². The zero-order valence-electron chi connectivity index (χ0n) is 11.0. The molecule has 0 radical (unpaired) electrons. The second kappa shape index (κ2) is 5.36. The van der Waals surface area contributed by atoms with Crippen LogP contribution in [-0.2, 0) is 13.1 Å². The van der Waals surface area contributed by atoms with Crippen molar-refractivity contribution in [1.82, 2.24) is 19.7 Å². The van der Waals surface area contributed by atoms with Crippen LogP contribution in [-0.4, -0.2) is 38.3 Å². The second-order valence-corrected chi connectivity index (χ2v) is 5.63. The molecule has 0 spiro atoms. The highest BCUT2D eigenvalue weighted by Gasteiger charge is 2.29. The van der Waals surface area contributed by atoms with E-state index < -0.39 is 0 Å². The molecule has 5 nitrogen and oxygen atoms in total. The summed E-state index contributed by atoms with van der Waals surface area (Å²) in [7, 11) is 0. The van der Waals surface area contributed by atoms with Crippen LogP contribution in [0.3, 0.4) is 0 Å². The third kappa shape index (κ3) is 2.42. The van der Waals surface area contributed by atoms with E-state index in [1.165, 1.54) is 38.5 Å². The fraction of sp³-hybridized carbons (Fsp3) is 0.846. The molecule has 100 valence electrons. The summed E-state index contributed by atoms with van der Waals surface area (Å²) in [6.45, 7) is 3.01. The first-order valence-corrected chi connectivity index (χ1v) is 7.21. The lowest BCUT2D eigenvalue weighted by molar-refractivity contribution is 0.114. The Balaban J connectivity index is 1.69. The summed E-state index contributed by atoms with van der Waals surface area (Å²) in [6, 6.07) is 0.871. The van der Waals surface area contributed by atoms with E-state index in [4.69, 9.17) is 5.73 Å². The number of aromatic nitrogens is 3. The van der Waals surface area contributed by atoms with Crippen molar-refractivity contribution in [3.63, 3.8) is 0 Å². The molecule has 2 unspecified atom stereocenters. The predicted molar refractivity (Wildman–Crippen MR) is 69.9 cm³/mol. The lowest BCUT2D eigenvalue weighted by Crippen LogP contribution is -2.50. The molecule has 1 aliphatic heterocycles. The highest BCUT2D eigenvalue weighted by Crippen LogP contribution is 2.23. The number of fused-ring (bicyclic) bond motifs is 1. The normalized spacial score (nSPS) is 30.5. The number of nitrogens with zero attached hydrogens (tertiary/aromatic N) is 4. The minimum Gasteiger partial charge on any atom is -0.326 e. The van der Waals surface area contributed by atoms with E-state index >= 15 is 0 Å². The Morgan fingerprint density at radius 2 is 1.94 bits per heavy atom. The van der Waals surface area contributed by atoms with Gasteiger partial charge in [0.15, 0.2) is 0 Å². The molecule has 2 heterocycles. The van der Waals surface area contributed by atoms with Crippen molar-refractivity contribution in [2.75, 3.05) is 6.54 Å². The van der Waals surface area contributed by atoms with Crippen LogP contribution in [0.2, 0.25) is 0 Å². The van der Waals surface area contributed by atoms with Crippen molar-refractivity contribution in [2.45, 2.75) is 63.7 Å². The molecule has 1 aromatic heterocycles. The lowest BCUT2D eigenvalue weighted by Gasteiger charge is -2.38. The molecule has 0 aromatic carbocycles. The quantitative estimate of drug-likeness (QED) is 0.811. The third-order valence-electron chi connectivity index (χ3n) is 4.42. The molecule has 0 saturated heterocycles. The van der Waals surface area contributed by atoms with Crippen molar-refractivity contribution >= 4 is 0 Å². The summed E-state index contributed by atoms with van der Waals surface area (Å²) in [5.74, 6) is 1.09. The highest BCUT2D eigenvalue weighted by atomic mass is 15.3. The summed E-state index contributed by atoms with van der Waals surface area (Å²) in [5, 5.41) is 8.19. The minimum atomic E-state index is 0.333. The maximum Gasteiger partial charge on any atom is 0.147 e. The van der Waals surface area contributed by atoms with Crippen molar-refractivity contribution < 1.29 is 0 Å². The summed E-state index contributed by atoms with van der Waals surface area (Å²) in [4.78, 5) is 2.53. The summed E-state index contributed by atoms with van der Waals surface area (Å²) in [5.41, 5.74) is 6.39. The first-order valence-electron chi connectivity index (χ1n) is 7.21. The predicted octanol–water partition coefficient (Wildman–Crippen LogP) is 1.14. The van der Waals surface area contributed by atoms with Gasteiger partial charge in [-0.3, -0.25) is 4.90 Å². The number of rotatable bonds is 1. The molecular formula is C13H23N5. The molecule has 0 amide bonds. The number of hydrogen-bond acceptors (Lipinski definition) is 4. The molecule has 2 atom stereocenters. The first kappa shape index (κ1) is 12.1. The summed E-state index contributed by atoms with van der Waals surface area (Å²) in [6.07, 6.45) is 9.60. The lowest BCUT2D eigenvalue weighted by atomic mass is 9.91. The van der Waals surface area contributed by atoms with Gasteiger partial charge in [0, 0.05) is 25.2 Å². The van der Waals surface area contributed by atoms with Gasteiger partial charge in [-0.25, -0.2) is 0 Å². The molecule has 5 heteroatoms. The molecular weight excluding hydrogens is 226 g/mol. The largest absolute Gasteiger partial charge is 0.326 e. The Morgan fingerprint density at radius 1 is 1.11 bits per heavy atom. The molecule has 1 saturated carbocycles. The molecule has 3 rings (SSSR count). The van der Waals surface area contributed by atoms with Gasteiger partial charge in [0.2, 0.25) is 0 Å². The average molecular weight is 249 g/mol. The standard InChI is InChI=1S/C13H23N5/c14-11-5-3-1-2-4-6-12(11)17-7-8-18-10-15-16-13(18)9-17/h10-12H,1-9,14H2. The van der Waals surface area contributed by atoms with Crippen LogP contribution >= 0.6 is 0 Å². The first-order chi connectivity index (χ1) is 8.84. The highest BCUT2D eigenvalue weighted by molar-refractivity contribution is 4.94. The minimum absolute atomic E-state index is 0.333. The van der Waals surface area contributed by atoms with Gasteiger partial charge < -0.3 is 10.3 Å². The molecule has 0 bridgehead atoms. The van der Waals surface area contributed by atoms with Crippen molar-refractivity contribution in [3.8, 4) is 0 Å². The third-order valence-corrected chi connectivity index (χ3v) is 4.42. The Labute approximate surface area is 108 Å². The van der Waals surface area contributed by atoms with E-state index in [0.717, 1.165) is 25.5 Å². The number of hydrogen-bond donors (Lipinski definition) is 1. The molecule has 1 aliphatic carbocycles. The average Bonchev–Trinajstić information content (AvgIpc) is 2.81. The Morgan fingerprint density at radius 3 is 2.83 bits per heavy atom. The van der Waals surface area contributed by atoms with Crippen LogP contribution in [0.4, 0.5) is 0 Å². The van der Waals surface area contributed by atoms with Crippen molar-refractivity contribution in [1.29, 1.82) is 0 Å².